The monoisotopic (exact) mass is 280 g/mol. The van der Waals surface area contributed by atoms with Crippen LogP contribution in [0.25, 0.3) is 0 Å². The lowest BCUT2D eigenvalue weighted by molar-refractivity contribution is -0.123. The molecule has 1 rings (SSSR count). The van der Waals surface area contributed by atoms with Gasteiger partial charge in [-0.3, -0.25) is 4.79 Å². The summed E-state index contributed by atoms with van der Waals surface area (Å²) in [4.78, 5) is 20.2. The number of aromatic nitrogens is 2. The molecule has 6 heteroatoms. The van der Waals surface area contributed by atoms with Gasteiger partial charge < -0.3 is 15.7 Å². The summed E-state index contributed by atoms with van der Waals surface area (Å²) in [5.74, 6) is 0.533. The lowest BCUT2D eigenvalue weighted by Crippen LogP contribution is -2.46. The van der Waals surface area contributed by atoms with E-state index in [1.807, 2.05) is 19.9 Å². The Hall–Kier alpha value is -1.69. The first-order valence-corrected chi connectivity index (χ1v) is 6.80. The first-order chi connectivity index (χ1) is 9.32. The summed E-state index contributed by atoms with van der Waals surface area (Å²) < 4.78 is 0. The Morgan fingerprint density at radius 2 is 1.90 bits per heavy atom. The van der Waals surface area contributed by atoms with Crippen molar-refractivity contribution in [3.05, 3.63) is 17.5 Å². The van der Waals surface area contributed by atoms with Gasteiger partial charge in [0.05, 0.1) is 12.1 Å². The van der Waals surface area contributed by atoms with E-state index in [9.17, 15) is 4.79 Å². The van der Waals surface area contributed by atoms with Crippen LogP contribution in [0, 0.1) is 13.8 Å². The van der Waals surface area contributed by atoms with Crippen molar-refractivity contribution in [2.24, 2.45) is 0 Å². The molecule has 0 aliphatic rings. The van der Waals surface area contributed by atoms with Crippen molar-refractivity contribution in [2.75, 3.05) is 18.5 Å². The lowest BCUT2D eigenvalue weighted by atomic mass is 10.1. The maximum atomic E-state index is 11.7. The Kier molecular flexibility index (Phi) is 5.88. The number of hydrogen-bond donors (Lipinski definition) is 3. The van der Waals surface area contributed by atoms with Crippen LogP contribution in [0.5, 0.6) is 0 Å². The minimum absolute atomic E-state index is 0.0628. The van der Waals surface area contributed by atoms with Gasteiger partial charge in [0.2, 0.25) is 11.9 Å². The predicted molar refractivity (Wildman–Crippen MR) is 78.5 cm³/mol. The van der Waals surface area contributed by atoms with Crippen molar-refractivity contribution < 1.29 is 9.90 Å². The molecule has 0 unspecified atom stereocenters. The SMILES string of the molecule is Cc1cc(C)nc(NCCCC(=O)NC(C)(C)CO)n1. The summed E-state index contributed by atoms with van der Waals surface area (Å²) in [5.41, 5.74) is 1.27. The zero-order valence-electron chi connectivity index (χ0n) is 12.7. The molecule has 1 amide bonds. The first-order valence-electron chi connectivity index (χ1n) is 6.80. The number of carbonyl (C=O) groups is 1. The van der Waals surface area contributed by atoms with Crippen molar-refractivity contribution in [3.8, 4) is 0 Å². The second-order valence-electron chi connectivity index (χ2n) is 5.59. The number of rotatable bonds is 7. The van der Waals surface area contributed by atoms with Crippen LogP contribution in [-0.2, 0) is 4.79 Å². The van der Waals surface area contributed by atoms with E-state index in [2.05, 4.69) is 20.6 Å². The van der Waals surface area contributed by atoms with Gasteiger partial charge >= 0.3 is 0 Å². The zero-order valence-corrected chi connectivity index (χ0v) is 12.7. The standard InChI is InChI=1S/C14H24N4O2/c1-10-8-11(2)17-13(16-10)15-7-5-6-12(20)18-14(3,4)9-19/h8,19H,5-7,9H2,1-4H3,(H,18,20)(H,15,16,17). The van der Waals surface area contributed by atoms with Gasteiger partial charge in [-0.05, 0) is 40.2 Å². The van der Waals surface area contributed by atoms with Crippen LogP contribution in [0.2, 0.25) is 0 Å². The highest BCUT2D eigenvalue weighted by Crippen LogP contribution is 2.05. The fourth-order valence-corrected chi connectivity index (χ4v) is 1.73. The molecule has 0 fully saturated rings. The number of anilines is 1. The largest absolute Gasteiger partial charge is 0.394 e. The Morgan fingerprint density at radius 3 is 2.45 bits per heavy atom. The first kappa shape index (κ1) is 16.4. The molecule has 112 valence electrons. The molecule has 1 aromatic heterocycles. The molecule has 0 aliphatic heterocycles. The summed E-state index contributed by atoms with van der Waals surface area (Å²) in [6.45, 7) is 7.97. The maximum absolute atomic E-state index is 11.7. The normalized spacial score (nSPS) is 11.2. The van der Waals surface area contributed by atoms with Gasteiger partial charge in [-0.2, -0.15) is 0 Å². The van der Waals surface area contributed by atoms with Gasteiger partial charge in [0, 0.05) is 24.4 Å². The maximum Gasteiger partial charge on any atom is 0.223 e. The van der Waals surface area contributed by atoms with Crippen molar-refractivity contribution in [3.63, 3.8) is 0 Å². The third kappa shape index (κ3) is 5.97. The molecule has 1 aromatic rings. The zero-order chi connectivity index (χ0) is 15.2. The van der Waals surface area contributed by atoms with Crippen LogP contribution < -0.4 is 10.6 Å². The Morgan fingerprint density at radius 1 is 1.30 bits per heavy atom. The molecule has 20 heavy (non-hydrogen) atoms. The fraction of sp³-hybridized carbons (Fsp3) is 0.643. The average molecular weight is 280 g/mol. The van der Waals surface area contributed by atoms with E-state index in [-0.39, 0.29) is 12.5 Å². The summed E-state index contributed by atoms with van der Waals surface area (Å²) in [6, 6.07) is 1.91. The van der Waals surface area contributed by atoms with Crippen LogP contribution in [0.1, 0.15) is 38.1 Å². The number of nitrogens with zero attached hydrogens (tertiary/aromatic N) is 2. The minimum atomic E-state index is -0.568. The second kappa shape index (κ2) is 7.19. The van der Waals surface area contributed by atoms with Crippen LogP contribution in [-0.4, -0.2) is 39.7 Å². The molecule has 0 radical (unpaired) electrons. The van der Waals surface area contributed by atoms with Gasteiger partial charge in [0.25, 0.3) is 0 Å². The molecule has 0 saturated heterocycles. The van der Waals surface area contributed by atoms with E-state index in [1.54, 1.807) is 13.8 Å². The van der Waals surface area contributed by atoms with Gasteiger partial charge in [0.15, 0.2) is 0 Å². The Labute approximate surface area is 120 Å². The van der Waals surface area contributed by atoms with Gasteiger partial charge in [-0.15, -0.1) is 0 Å². The molecule has 6 nitrogen and oxygen atoms in total. The van der Waals surface area contributed by atoms with E-state index >= 15 is 0 Å². The third-order valence-electron chi connectivity index (χ3n) is 2.72. The number of nitrogens with one attached hydrogen (secondary N) is 2. The van der Waals surface area contributed by atoms with Crippen molar-refractivity contribution in [1.29, 1.82) is 0 Å². The molecule has 0 aliphatic carbocycles. The topological polar surface area (TPSA) is 87.1 Å². The summed E-state index contributed by atoms with van der Waals surface area (Å²) in [6.07, 6.45) is 1.09. The molecule has 0 spiro atoms. The van der Waals surface area contributed by atoms with E-state index in [1.165, 1.54) is 0 Å². The van der Waals surface area contributed by atoms with Crippen LogP contribution >= 0.6 is 0 Å². The average Bonchev–Trinajstić information content (AvgIpc) is 2.33. The number of carbonyl (C=O) groups excluding carboxylic acids is 1. The Balaban J connectivity index is 2.30. The number of aliphatic hydroxyl groups excluding tert-OH is 1. The summed E-state index contributed by atoms with van der Waals surface area (Å²) in [5, 5.41) is 15.0. The third-order valence-corrected chi connectivity index (χ3v) is 2.72. The van der Waals surface area contributed by atoms with Crippen LogP contribution in [0.15, 0.2) is 6.07 Å². The molecular formula is C14H24N4O2. The molecular weight excluding hydrogens is 256 g/mol. The number of aryl methyl sites for hydroxylation is 2. The second-order valence-corrected chi connectivity index (χ2v) is 5.59. The molecule has 0 atom stereocenters. The Bertz CT molecular complexity index is 440. The van der Waals surface area contributed by atoms with Crippen molar-refractivity contribution >= 4 is 11.9 Å². The quantitative estimate of drug-likeness (QED) is 0.653. The highest BCUT2D eigenvalue weighted by molar-refractivity contribution is 5.76. The van der Waals surface area contributed by atoms with Crippen molar-refractivity contribution in [1.82, 2.24) is 15.3 Å². The highest BCUT2D eigenvalue weighted by Gasteiger charge is 2.18. The lowest BCUT2D eigenvalue weighted by Gasteiger charge is -2.23. The number of aliphatic hydroxyl groups is 1. The van der Waals surface area contributed by atoms with Crippen LogP contribution in [0.4, 0.5) is 5.95 Å². The van der Waals surface area contributed by atoms with Crippen molar-refractivity contribution in [2.45, 2.75) is 46.1 Å². The van der Waals surface area contributed by atoms with Gasteiger partial charge in [0.1, 0.15) is 0 Å². The van der Waals surface area contributed by atoms with Gasteiger partial charge in [-0.25, -0.2) is 9.97 Å². The van der Waals surface area contributed by atoms with E-state index in [0.29, 0.717) is 25.3 Å². The molecule has 3 N–H and O–H groups in total. The van der Waals surface area contributed by atoms with E-state index in [0.717, 1.165) is 11.4 Å². The molecule has 0 bridgehead atoms. The van der Waals surface area contributed by atoms with Gasteiger partial charge in [-0.1, -0.05) is 0 Å². The minimum Gasteiger partial charge on any atom is -0.394 e. The number of hydrogen-bond acceptors (Lipinski definition) is 5. The van der Waals surface area contributed by atoms with E-state index in [4.69, 9.17) is 5.11 Å². The van der Waals surface area contributed by atoms with Crippen LogP contribution in [0.3, 0.4) is 0 Å². The molecule has 1 heterocycles. The summed E-state index contributed by atoms with van der Waals surface area (Å²) >= 11 is 0. The summed E-state index contributed by atoms with van der Waals surface area (Å²) in [7, 11) is 0. The smallest absolute Gasteiger partial charge is 0.223 e. The predicted octanol–water partition coefficient (Wildman–Crippen LogP) is 1.17. The van der Waals surface area contributed by atoms with E-state index < -0.39 is 5.54 Å². The molecule has 0 aromatic carbocycles. The fourth-order valence-electron chi connectivity index (χ4n) is 1.73. The number of amides is 1. The molecule has 0 saturated carbocycles. The highest BCUT2D eigenvalue weighted by atomic mass is 16.3.